The van der Waals surface area contributed by atoms with Crippen molar-refractivity contribution < 1.29 is 4.39 Å². The molecule has 0 amide bonds. The van der Waals surface area contributed by atoms with Crippen molar-refractivity contribution in [3.8, 4) is 17.1 Å². The van der Waals surface area contributed by atoms with Gasteiger partial charge in [0.05, 0.1) is 0 Å². The van der Waals surface area contributed by atoms with E-state index in [0.717, 1.165) is 11.1 Å². The molecule has 7 heteroatoms. The number of halogens is 2. The summed E-state index contributed by atoms with van der Waals surface area (Å²) in [7, 11) is 0. The average Bonchev–Trinajstić information content (AvgIpc) is 2.93. The Morgan fingerprint density at radius 3 is 2.76 bits per heavy atom. The number of benzene rings is 2. The zero-order chi connectivity index (χ0) is 15.0. The minimum absolute atomic E-state index is 0.192. The minimum Gasteiger partial charge on any atom is -0.399 e. The van der Waals surface area contributed by atoms with Crippen LogP contribution in [0.5, 0.6) is 0 Å². The summed E-state index contributed by atoms with van der Waals surface area (Å²) in [6.07, 6.45) is 0. The van der Waals surface area contributed by atoms with E-state index in [1.165, 1.54) is 22.9 Å². The molecule has 0 atom stereocenters. The molecule has 0 radical (unpaired) electrons. The zero-order valence-corrected chi connectivity index (χ0v) is 11.8. The van der Waals surface area contributed by atoms with Crippen molar-refractivity contribution in [3.05, 3.63) is 52.8 Å². The maximum absolute atomic E-state index is 14.0. The Morgan fingerprint density at radius 2 is 2.00 bits per heavy atom. The molecule has 0 saturated heterocycles. The van der Waals surface area contributed by atoms with Gasteiger partial charge < -0.3 is 5.73 Å². The van der Waals surface area contributed by atoms with Crippen molar-refractivity contribution in [2.24, 2.45) is 0 Å². The van der Waals surface area contributed by atoms with E-state index >= 15 is 0 Å². The lowest BCUT2D eigenvalue weighted by Crippen LogP contribution is -2.03. The molecular formula is C14H11ClFN5. The molecule has 0 bridgehead atoms. The molecule has 3 aromatic rings. The first kappa shape index (κ1) is 13.5. The van der Waals surface area contributed by atoms with Gasteiger partial charge in [0.25, 0.3) is 0 Å². The Hall–Kier alpha value is -2.47. The molecule has 2 N–H and O–H groups in total. The van der Waals surface area contributed by atoms with Crippen molar-refractivity contribution in [2.45, 2.75) is 6.92 Å². The third kappa shape index (κ3) is 2.45. The highest BCUT2D eigenvalue weighted by atomic mass is 35.5. The van der Waals surface area contributed by atoms with Gasteiger partial charge in [0, 0.05) is 16.3 Å². The number of tetrazole rings is 1. The second-order valence-corrected chi connectivity index (χ2v) is 5.02. The van der Waals surface area contributed by atoms with Crippen molar-refractivity contribution >= 4 is 17.3 Å². The Kier molecular flexibility index (Phi) is 3.31. The average molecular weight is 304 g/mol. The first-order valence-electron chi connectivity index (χ1n) is 6.16. The lowest BCUT2D eigenvalue weighted by atomic mass is 10.1. The van der Waals surface area contributed by atoms with Crippen LogP contribution in [0, 0.1) is 12.7 Å². The highest BCUT2D eigenvalue weighted by molar-refractivity contribution is 6.30. The van der Waals surface area contributed by atoms with Gasteiger partial charge >= 0.3 is 0 Å². The SMILES string of the molecule is Cc1cc(-c2nnnn2-c2cc(Cl)ccc2F)ccc1N. The van der Waals surface area contributed by atoms with Gasteiger partial charge in [-0.25, -0.2) is 4.39 Å². The Balaban J connectivity index is 2.17. The van der Waals surface area contributed by atoms with Gasteiger partial charge in [0.1, 0.15) is 11.5 Å². The molecule has 106 valence electrons. The number of hydrogen-bond donors (Lipinski definition) is 1. The maximum atomic E-state index is 14.0. The summed E-state index contributed by atoms with van der Waals surface area (Å²) >= 11 is 5.91. The third-order valence-corrected chi connectivity index (χ3v) is 3.37. The topological polar surface area (TPSA) is 69.6 Å². The van der Waals surface area contributed by atoms with Gasteiger partial charge in [-0.1, -0.05) is 11.6 Å². The number of hydrogen-bond acceptors (Lipinski definition) is 4. The van der Waals surface area contributed by atoms with Crippen molar-refractivity contribution in [2.75, 3.05) is 5.73 Å². The van der Waals surface area contributed by atoms with E-state index in [4.69, 9.17) is 17.3 Å². The van der Waals surface area contributed by atoms with E-state index in [1.54, 1.807) is 12.1 Å². The normalized spacial score (nSPS) is 10.8. The second-order valence-electron chi connectivity index (χ2n) is 4.58. The van der Waals surface area contributed by atoms with E-state index < -0.39 is 5.82 Å². The van der Waals surface area contributed by atoms with Crippen LogP contribution in [0.15, 0.2) is 36.4 Å². The summed E-state index contributed by atoms with van der Waals surface area (Å²) in [6.45, 7) is 1.88. The highest BCUT2D eigenvalue weighted by Gasteiger charge is 2.15. The monoisotopic (exact) mass is 303 g/mol. The summed E-state index contributed by atoms with van der Waals surface area (Å²) in [5.41, 5.74) is 8.30. The number of aromatic nitrogens is 4. The van der Waals surface area contributed by atoms with Crippen LogP contribution in [-0.4, -0.2) is 20.2 Å². The molecule has 0 unspecified atom stereocenters. The van der Waals surface area contributed by atoms with Gasteiger partial charge in [0.2, 0.25) is 0 Å². The van der Waals surface area contributed by atoms with Crippen molar-refractivity contribution in [1.29, 1.82) is 0 Å². The van der Waals surface area contributed by atoms with Crippen LogP contribution in [-0.2, 0) is 0 Å². The molecule has 0 fully saturated rings. The van der Waals surface area contributed by atoms with Crippen LogP contribution < -0.4 is 5.73 Å². The Labute approximate surface area is 125 Å². The first-order chi connectivity index (χ1) is 10.1. The number of nitrogens with zero attached hydrogens (tertiary/aromatic N) is 4. The molecule has 0 aliphatic heterocycles. The van der Waals surface area contributed by atoms with Gasteiger partial charge in [-0.05, 0) is 59.3 Å². The fraction of sp³-hybridized carbons (Fsp3) is 0.0714. The molecule has 21 heavy (non-hydrogen) atoms. The van der Waals surface area contributed by atoms with Crippen molar-refractivity contribution in [1.82, 2.24) is 20.2 Å². The van der Waals surface area contributed by atoms with E-state index in [-0.39, 0.29) is 5.69 Å². The highest BCUT2D eigenvalue weighted by Crippen LogP contribution is 2.25. The standard InChI is InChI=1S/C14H11ClFN5/c1-8-6-9(2-5-12(8)17)14-18-19-20-21(14)13-7-10(15)3-4-11(13)16/h2-7H,17H2,1H3. The number of rotatable bonds is 2. The molecule has 0 spiro atoms. The second kappa shape index (κ2) is 5.14. The molecule has 0 saturated carbocycles. The fourth-order valence-electron chi connectivity index (χ4n) is 1.99. The molecule has 3 rings (SSSR count). The summed E-state index contributed by atoms with van der Waals surface area (Å²) in [6, 6.07) is 9.61. The van der Waals surface area contributed by atoms with E-state index in [9.17, 15) is 4.39 Å². The lowest BCUT2D eigenvalue weighted by molar-refractivity contribution is 0.608. The molecular weight excluding hydrogens is 293 g/mol. The molecule has 0 aliphatic rings. The molecule has 0 aliphatic carbocycles. The van der Waals surface area contributed by atoms with E-state index in [2.05, 4.69) is 15.5 Å². The van der Waals surface area contributed by atoms with Crippen molar-refractivity contribution in [3.63, 3.8) is 0 Å². The fourth-order valence-corrected chi connectivity index (χ4v) is 2.16. The van der Waals surface area contributed by atoms with Crippen LogP contribution in [0.4, 0.5) is 10.1 Å². The van der Waals surface area contributed by atoms with E-state index in [1.807, 2.05) is 13.0 Å². The number of anilines is 1. The van der Waals surface area contributed by atoms with Crippen LogP contribution in [0.2, 0.25) is 5.02 Å². The van der Waals surface area contributed by atoms with Gasteiger partial charge in [-0.15, -0.1) is 5.10 Å². The van der Waals surface area contributed by atoms with Gasteiger partial charge in [0.15, 0.2) is 5.82 Å². The summed E-state index contributed by atoms with van der Waals surface area (Å²) in [5, 5.41) is 11.8. The van der Waals surface area contributed by atoms with Crippen LogP contribution in [0.3, 0.4) is 0 Å². The lowest BCUT2D eigenvalue weighted by Gasteiger charge is -2.07. The molecule has 2 aromatic carbocycles. The minimum atomic E-state index is -0.458. The third-order valence-electron chi connectivity index (χ3n) is 3.13. The first-order valence-corrected chi connectivity index (χ1v) is 6.54. The van der Waals surface area contributed by atoms with Gasteiger partial charge in [-0.2, -0.15) is 4.68 Å². The van der Waals surface area contributed by atoms with Crippen LogP contribution >= 0.6 is 11.6 Å². The number of nitrogen functional groups attached to an aromatic ring is 1. The maximum Gasteiger partial charge on any atom is 0.187 e. The van der Waals surface area contributed by atoms with Gasteiger partial charge in [-0.3, -0.25) is 0 Å². The predicted molar refractivity (Wildman–Crippen MR) is 78.7 cm³/mol. The Bertz CT molecular complexity index is 815. The molecule has 5 nitrogen and oxygen atoms in total. The van der Waals surface area contributed by atoms with Crippen LogP contribution in [0.1, 0.15) is 5.56 Å². The summed E-state index contributed by atoms with van der Waals surface area (Å²) < 4.78 is 15.3. The largest absolute Gasteiger partial charge is 0.399 e. The van der Waals surface area contributed by atoms with Crippen LogP contribution in [0.25, 0.3) is 17.1 Å². The smallest absolute Gasteiger partial charge is 0.187 e. The van der Waals surface area contributed by atoms with E-state index in [0.29, 0.717) is 16.5 Å². The predicted octanol–water partition coefficient (Wildman–Crippen LogP) is 3.01. The quantitative estimate of drug-likeness (QED) is 0.739. The number of aryl methyl sites for hydroxylation is 1. The molecule has 1 aromatic heterocycles. The Morgan fingerprint density at radius 1 is 1.19 bits per heavy atom. The zero-order valence-electron chi connectivity index (χ0n) is 11.1. The summed E-state index contributed by atoms with van der Waals surface area (Å²) in [4.78, 5) is 0. The number of nitrogens with two attached hydrogens (primary N) is 1. The summed E-state index contributed by atoms with van der Waals surface area (Å²) in [5.74, 6) is -0.0422. The molecule has 1 heterocycles.